The van der Waals surface area contributed by atoms with E-state index in [-0.39, 0.29) is 5.60 Å². The van der Waals surface area contributed by atoms with Crippen molar-refractivity contribution in [2.45, 2.75) is 37.4 Å². The van der Waals surface area contributed by atoms with Crippen LogP contribution in [0.2, 0.25) is 0 Å². The van der Waals surface area contributed by atoms with Crippen LogP contribution >= 0.6 is 11.3 Å². The Kier molecular flexibility index (Phi) is 3.14. The molecule has 1 fully saturated rings. The molecule has 2 aromatic rings. The van der Waals surface area contributed by atoms with Crippen molar-refractivity contribution in [3.63, 3.8) is 0 Å². The molecule has 1 aliphatic rings. The van der Waals surface area contributed by atoms with Gasteiger partial charge in [0.25, 0.3) is 0 Å². The molecular weight excluding hydrogens is 244 g/mol. The van der Waals surface area contributed by atoms with Crippen molar-refractivity contribution in [2.75, 3.05) is 7.11 Å². The number of hydrogen-bond donors (Lipinski definition) is 1. The smallest absolute Gasteiger partial charge is 0.109 e. The zero-order valence-electron chi connectivity index (χ0n) is 10.6. The molecule has 1 saturated carbocycles. The minimum Gasteiger partial charge on any atom is -0.385 e. The van der Waals surface area contributed by atoms with Crippen molar-refractivity contribution in [2.24, 2.45) is 0 Å². The van der Waals surface area contributed by atoms with Gasteiger partial charge in [-0.25, -0.2) is 0 Å². The standard InChI is InChI=1S/C15H18O2S/c1-17-15(8-2-3-9-15)14(16)12-6-4-5-11-7-10-18-13(11)12/h4-7,10,14,16H,2-3,8-9H2,1H3. The van der Waals surface area contributed by atoms with Gasteiger partial charge in [-0.15, -0.1) is 11.3 Å². The third-order valence-corrected chi connectivity index (χ3v) is 5.14. The van der Waals surface area contributed by atoms with E-state index in [1.807, 2.05) is 12.1 Å². The number of fused-ring (bicyclic) bond motifs is 1. The number of ether oxygens (including phenoxy) is 1. The maximum Gasteiger partial charge on any atom is 0.109 e. The van der Waals surface area contributed by atoms with Gasteiger partial charge in [0.1, 0.15) is 6.10 Å². The van der Waals surface area contributed by atoms with Crippen LogP contribution in [0.15, 0.2) is 29.6 Å². The van der Waals surface area contributed by atoms with Crippen molar-refractivity contribution in [1.29, 1.82) is 0 Å². The maximum absolute atomic E-state index is 10.8. The van der Waals surface area contributed by atoms with Crippen LogP contribution < -0.4 is 0 Å². The third-order valence-electron chi connectivity index (χ3n) is 4.16. The predicted molar refractivity (Wildman–Crippen MR) is 75.0 cm³/mol. The lowest BCUT2D eigenvalue weighted by atomic mass is 9.89. The molecule has 3 heteroatoms. The van der Waals surface area contributed by atoms with E-state index in [1.165, 1.54) is 10.1 Å². The first kappa shape index (κ1) is 12.2. The number of hydrogen-bond acceptors (Lipinski definition) is 3. The fourth-order valence-corrected chi connectivity index (χ4v) is 4.02. The van der Waals surface area contributed by atoms with Gasteiger partial charge >= 0.3 is 0 Å². The molecule has 1 aliphatic carbocycles. The fourth-order valence-electron chi connectivity index (χ4n) is 3.08. The van der Waals surface area contributed by atoms with Gasteiger partial charge < -0.3 is 9.84 Å². The lowest BCUT2D eigenvalue weighted by Gasteiger charge is -2.33. The Labute approximate surface area is 111 Å². The molecule has 0 bridgehead atoms. The Hall–Kier alpha value is -0.900. The lowest BCUT2D eigenvalue weighted by Crippen LogP contribution is -2.35. The summed E-state index contributed by atoms with van der Waals surface area (Å²) in [6, 6.07) is 8.25. The predicted octanol–water partition coefficient (Wildman–Crippen LogP) is 3.89. The van der Waals surface area contributed by atoms with Crippen LogP contribution in [0, 0.1) is 0 Å². The molecule has 1 aromatic heterocycles. The Bertz CT molecular complexity index is 540. The maximum atomic E-state index is 10.8. The highest BCUT2D eigenvalue weighted by molar-refractivity contribution is 7.17. The average Bonchev–Trinajstić information content (AvgIpc) is 3.06. The largest absolute Gasteiger partial charge is 0.385 e. The SMILES string of the molecule is COC1(C(O)c2cccc3ccsc23)CCCC1. The monoisotopic (exact) mass is 262 g/mol. The van der Waals surface area contributed by atoms with Gasteiger partial charge in [-0.3, -0.25) is 0 Å². The van der Waals surface area contributed by atoms with Crippen LogP contribution in [0.1, 0.15) is 37.4 Å². The minimum absolute atomic E-state index is 0.377. The molecule has 2 nitrogen and oxygen atoms in total. The highest BCUT2D eigenvalue weighted by Crippen LogP contribution is 2.44. The molecule has 1 aromatic carbocycles. The molecule has 1 N–H and O–H groups in total. The number of aliphatic hydroxyl groups is 1. The van der Waals surface area contributed by atoms with Crippen molar-refractivity contribution in [3.8, 4) is 0 Å². The average molecular weight is 262 g/mol. The number of methoxy groups -OCH3 is 1. The summed E-state index contributed by atoms with van der Waals surface area (Å²) in [5.41, 5.74) is 0.643. The normalized spacial score (nSPS) is 20.3. The van der Waals surface area contributed by atoms with Crippen LogP contribution in [-0.2, 0) is 4.74 Å². The highest BCUT2D eigenvalue weighted by atomic mass is 32.1. The van der Waals surface area contributed by atoms with E-state index in [0.29, 0.717) is 0 Å². The molecule has 3 rings (SSSR count). The molecule has 18 heavy (non-hydrogen) atoms. The Morgan fingerprint density at radius 3 is 2.78 bits per heavy atom. The summed E-state index contributed by atoms with van der Waals surface area (Å²) in [4.78, 5) is 0. The second-order valence-electron chi connectivity index (χ2n) is 5.06. The van der Waals surface area contributed by atoms with Crippen LogP contribution in [0.4, 0.5) is 0 Å². The second-order valence-corrected chi connectivity index (χ2v) is 5.98. The first-order valence-electron chi connectivity index (χ1n) is 6.46. The van der Waals surface area contributed by atoms with Gasteiger partial charge in [0.15, 0.2) is 0 Å². The summed E-state index contributed by atoms with van der Waals surface area (Å²) in [6.45, 7) is 0. The van der Waals surface area contributed by atoms with Crippen LogP contribution in [-0.4, -0.2) is 17.8 Å². The molecule has 0 aliphatic heterocycles. The summed E-state index contributed by atoms with van der Waals surface area (Å²) >= 11 is 1.69. The van der Waals surface area contributed by atoms with Crippen LogP contribution in [0.5, 0.6) is 0 Å². The Balaban J connectivity index is 2.05. The molecule has 0 spiro atoms. The third kappa shape index (κ3) is 1.78. The number of aliphatic hydroxyl groups excluding tert-OH is 1. The van der Waals surface area contributed by atoms with Crippen molar-refractivity contribution in [3.05, 3.63) is 35.2 Å². The molecule has 0 saturated heterocycles. The second kappa shape index (κ2) is 4.65. The number of rotatable bonds is 3. The van der Waals surface area contributed by atoms with Crippen molar-refractivity contribution in [1.82, 2.24) is 0 Å². The Morgan fingerprint density at radius 2 is 2.06 bits per heavy atom. The van der Waals surface area contributed by atoms with Crippen molar-refractivity contribution < 1.29 is 9.84 Å². The van der Waals surface area contributed by atoms with E-state index in [1.54, 1.807) is 18.4 Å². The summed E-state index contributed by atoms with van der Waals surface area (Å²) in [5.74, 6) is 0. The van der Waals surface area contributed by atoms with Crippen LogP contribution in [0.3, 0.4) is 0 Å². The van der Waals surface area contributed by atoms with E-state index < -0.39 is 6.10 Å². The zero-order chi connectivity index (χ0) is 12.6. The van der Waals surface area contributed by atoms with Gasteiger partial charge in [0.2, 0.25) is 0 Å². The number of thiophene rings is 1. The first-order valence-corrected chi connectivity index (χ1v) is 7.34. The van der Waals surface area contributed by atoms with Gasteiger partial charge in [-0.1, -0.05) is 31.0 Å². The van der Waals surface area contributed by atoms with Crippen LogP contribution in [0.25, 0.3) is 10.1 Å². The lowest BCUT2D eigenvalue weighted by molar-refractivity contribution is -0.0995. The highest BCUT2D eigenvalue weighted by Gasteiger charge is 2.42. The first-order chi connectivity index (χ1) is 8.77. The topological polar surface area (TPSA) is 29.5 Å². The molecule has 1 unspecified atom stereocenters. The summed E-state index contributed by atoms with van der Waals surface area (Å²) in [5, 5.41) is 14.1. The van der Waals surface area contributed by atoms with E-state index in [0.717, 1.165) is 31.2 Å². The van der Waals surface area contributed by atoms with E-state index >= 15 is 0 Å². The Morgan fingerprint density at radius 1 is 1.28 bits per heavy atom. The van der Waals surface area contributed by atoms with Gasteiger partial charge in [0, 0.05) is 17.4 Å². The summed E-state index contributed by atoms with van der Waals surface area (Å²) in [7, 11) is 1.73. The van der Waals surface area contributed by atoms with E-state index in [4.69, 9.17) is 4.74 Å². The van der Waals surface area contributed by atoms with Gasteiger partial charge in [-0.05, 0) is 29.7 Å². The minimum atomic E-state index is -0.521. The summed E-state index contributed by atoms with van der Waals surface area (Å²) in [6.07, 6.45) is 3.67. The fraction of sp³-hybridized carbons (Fsp3) is 0.467. The van der Waals surface area contributed by atoms with E-state index in [2.05, 4.69) is 17.5 Å². The van der Waals surface area contributed by atoms with E-state index in [9.17, 15) is 5.11 Å². The molecule has 0 radical (unpaired) electrons. The molecule has 1 heterocycles. The molecule has 1 atom stereocenters. The number of benzene rings is 1. The van der Waals surface area contributed by atoms with Crippen molar-refractivity contribution >= 4 is 21.4 Å². The molecule has 96 valence electrons. The molecular formula is C15H18O2S. The summed E-state index contributed by atoms with van der Waals surface area (Å²) < 4.78 is 6.88. The van der Waals surface area contributed by atoms with Gasteiger partial charge in [0.05, 0.1) is 5.60 Å². The zero-order valence-corrected chi connectivity index (χ0v) is 11.4. The van der Waals surface area contributed by atoms with Gasteiger partial charge in [-0.2, -0.15) is 0 Å². The molecule has 0 amide bonds. The quantitative estimate of drug-likeness (QED) is 0.909.